The molecule has 0 N–H and O–H groups in total. The lowest BCUT2D eigenvalue weighted by atomic mass is 10.2. The maximum absolute atomic E-state index is 8.47. The van der Waals surface area contributed by atoms with E-state index in [1.165, 1.54) is 0 Å². The number of rotatable bonds is 3. The maximum atomic E-state index is 8.47. The van der Waals surface area contributed by atoms with E-state index in [4.69, 9.17) is 9.78 Å². The van der Waals surface area contributed by atoms with Crippen molar-refractivity contribution in [1.82, 2.24) is 15.0 Å². The standard InChI is InChI=1S/C10H14N4OS/c1-14-5-6-16-7-8(14)10-12-9(15-13-10)3-2-4-11/h8H,2-3,5-7H2,1H3. The first-order chi connectivity index (χ1) is 7.81. The molecule has 16 heavy (non-hydrogen) atoms. The average molecular weight is 238 g/mol. The molecule has 1 unspecified atom stereocenters. The first kappa shape index (κ1) is 11.4. The molecule has 1 aliphatic heterocycles. The highest BCUT2D eigenvalue weighted by Gasteiger charge is 2.25. The molecule has 0 aromatic carbocycles. The van der Waals surface area contributed by atoms with Crippen molar-refractivity contribution in [2.24, 2.45) is 0 Å². The van der Waals surface area contributed by atoms with Crippen LogP contribution in [0.15, 0.2) is 4.52 Å². The van der Waals surface area contributed by atoms with Gasteiger partial charge in [-0.2, -0.15) is 22.0 Å². The first-order valence-electron chi connectivity index (χ1n) is 5.28. The highest BCUT2D eigenvalue weighted by Crippen LogP contribution is 2.26. The summed E-state index contributed by atoms with van der Waals surface area (Å²) in [5.41, 5.74) is 0. The zero-order valence-electron chi connectivity index (χ0n) is 9.22. The molecule has 6 heteroatoms. The van der Waals surface area contributed by atoms with Gasteiger partial charge < -0.3 is 4.52 Å². The van der Waals surface area contributed by atoms with E-state index in [1.54, 1.807) is 0 Å². The minimum Gasteiger partial charge on any atom is -0.339 e. The van der Waals surface area contributed by atoms with Gasteiger partial charge in [-0.3, -0.25) is 4.90 Å². The van der Waals surface area contributed by atoms with Crippen molar-refractivity contribution in [2.45, 2.75) is 18.9 Å². The third kappa shape index (κ3) is 2.54. The molecule has 2 heterocycles. The van der Waals surface area contributed by atoms with Crippen LogP contribution < -0.4 is 0 Å². The molecular weight excluding hydrogens is 224 g/mol. The predicted molar refractivity (Wildman–Crippen MR) is 60.9 cm³/mol. The summed E-state index contributed by atoms with van der Waals surface area (Å²) in [6, 6.07) is 2.32. The summed E-state index contributed by atoms with van der Waals surface area (Å²) >= 11 is 1.91. The monoisotopic (exact) mass is 238 g/mol. The number of nitriles is 1. The summed E-state index contributed by atoms with van der Waals surface area (Å²) in [4.78, 5) is 6.58. The average Bonchev–Trinajstić information content (AvgIpc) is 2.75. The van der Waals surface area contributed by atoms with Gasteiger partial charge in [0.25, 0.3) is 0 Å². The number of hydrogen-bond acceptors (Lipinski definition) is 6. The van der Waals surface area contributed by atoms with E-state index in [2.05, 4.69) is 28.2 Å². The van der Waals surface area contributed by atoms with Crippen molar-refractivity contribution in [3.8, 4) is 6.07 Å². The van der Waals surface area contributed by atoms with Crippen LogP contribution in [0.3, 0.4) is 0 Å². The summed E-state index contributed by atoms with van der Waals surface area (Å²) in [5.74, 6) is 3.49. The van der Waals surface area contributed by atoms with E-state index in [0.717, 1.165) is 23.9 Å². The summed E-state index contributed by atoms with van der Waals surface area (Å²) < 4.78 is 5.12. The van der Waals surface area contributed by atoms with Gasteiger partial charge in [-0.15, -0.1) is 0 Å². The van der Waals surface area contributed by atoms with Crippen LogP contribution in [-0.4, -0.2) is 40.1 Å². The van der Waals surface area contributed by atoms with Crippen molar-refractivity contribution in [2.75, 3.05) is 25.1 Å². The minimum atomic E-state index is 0.248. The fraction of sp³-hybridized carbons (Fsp3) is 0.700. The molecule has 0 saturated carbocycles. The highest BCUT2D eigenvalue weighted by atomic mass is 32.2. The topological polar surface area (TPSA) is 66.0 Å². The Bertz CT molecular complexity index is 386. The summed E-state index contributed by atoms with van der Waals surface area (Å²) in [6.07, 6.45) is 0.976. The van der Waals surface area contributed by atoms with E-state index >= 15 is 0 Å². The van der Waals surface area contributed by atoms with Gasteiger partial charge in [0.15, 0.2) is 5.82 Å². The second kappa shape index (κ2) is 5.32. The Balaban J connectivity index is 2.03. The van der Waals surface area contributed by atoms with Crippen LogP contribution in [-0.2, 0) is 6.42 Å². The van der Waals surface area contributed by atoms with Gasteiger partial charge in [-0.25, -0.2) is 0 Å². The molecule has 1 atom stereocenters. The molecular formula is C10H14N4OS. The van der Waals surface area contributed by atoms with Crippen molar-refractivity contribution in [3.05, 3.63) is 11.7 Å². The second-order valence-electron chi connectivity index (χ2n) is 3.78. The molecule has 0 aliphatic carbocycles. The zero-order chi connectivity index (χ0) is 11.4. The zero-order valence-corrected chi connectivity index (χ0v) is 10.0. The summed E-state index contributed by atoms with van der Waals surface area (Å²) in [5, 5.41) is 12.5. The second-order valence-corrected chi connectivity index (χ2v) is 4.93. The van der Waals surface area contributed by atoms with E-state index in [9.17, 15) is 0 Å². The third-order valence-corrected chi connectivity index (χ3v) is 3.65. The largest absolute Gasteiger partial charge is 0.339 e. The normalized spacial score (nSPS) is 21.9. The third-order valence-electron chi connectivity index (χ3n) is 2.63. The molecule has 0 amide bonds. The number of aromatic nitrogens is 2. The van der Waals surface area contributed by atoms with Crippen molar-refractivity contribution in [3.63, 3.8) is 0 Å². The lowest BCUT2D eigenvalue weighted by Crippen LogP contribution is -2.33. The van der Waals surface area contributed by atoms with Crippen molar-refractivity contribution >= 4 is 11.8 Å². The number of thioether (sulfide) groups is 1. The highest BCUT2D eigenvalue weighted by molar-refractivity contribution is 7.99. The maximum Gasteiger partial charge on any atom is 0.227 e. The molecule has 0 bridgehead atoms. The number of hydrogen-bond donors (Lipinski definition) is 0. The lowest BCUT2D eigenvalue weighted by Gasteiger charge is -2.29. The van der Waals surface area contributed by atoms with Crippen LogP contribution in [0.2, 0.25) is 0 Å². The molecule has 1 aromatic heterocycles. The Morgan fingerprint density at radius 3 is 3.31 bits per heavy atom. The molecule has 1 saturated heterocycles. The fourth-order valence-electron chi connectivity index (χ4n) is 1.63. The molecule has 86 valence electrons. The van der Waals surface area contributed by atoms with E-state index < -0.39 is 0 Å². The van der Waals surface area contributed by atoms with Gasteiger partial charge in [0.2, 0.25) is 5.89 Å². The molecule has 0 spiro atoms. The van der Waals surface area contributed by atoms with E-state index in [0.29, 0.717) is 18.7 Å². The van der Waals surface area contributed by atoms with Crippen LogP contribution in [0.25, 0.3) is 0 Å². The number of aryl methyl sites for hydroxylation is 1. The summed E-state index contributed by atoms with van der Waals surface area (Å²) in [7, 11) is 2.08. The molecule has 1 aliphatic rings. The number of nitrogens with zero attached hydrogens (tertiary/aromatic N) is 4. The van der Waals surface area contributed by atoms with Crippen molar-refractivity contribution in [1.29, 1.82) is 5.26 Å². The van der Waals surface area contributed by atoms with Gasteiger partial charge in [0, 0.05) is 30.9 Å². The van der Waals surface area contributed by atoms with Crippen LogP contribution in [0.1, 0.15) is 24.2 Å². The van der Waals surface area contributed by atoms with Gasteiger partial charge >= 0.3 is 0 Å². The Kier molecular flexibility index (Phi) is 3.80. The smallest absolute Gasteiger partial charge is 0.227 e. The Morgan fingerprint density at radius 2 is 2.56 bits per heavy atom. The van der Waals surface area contributed by atoms with E-state index in [1.807, 2.05) is 11.8 Å². The molecule has 0 radical (unpaired) electrons. The molecule has 2 rings (SSSR count). The molecule has 1 fully saturated rings. The SMILES string of the molecule is CN1CCSCC1c1noc(CCC#N)n1. The van der Waals surface area contributed by atoms with Gasteiger partial charge in [0.05, 0.1) is 12.1 Å². The molecule has 1 aromatic rings. The first-order valence-corrected chi connectivity index (χ1v) is 6.44. The van der Waals surface area contributed by atoms with Crippen LogP contribution in [0.4, 0.5) is 0 Å². The van der Waals surface area contributed by atoms with Crippen LogP contribution in [0.5, 0.6) is 0 Å². The van der Waals surface area contributed by atoms with E-state index in [-0.39, 0.29) is 6.04 Å². The van der Waals surface area contributed by atoms with Crippen LogP contribution >= 0.6 is 11.8 Å². The van der Waals surface area contributed by atoms with Gasteiger partial charge in [0.1, 0.15) is 0 Å². The minimum absolute atomic E-state index is 0.248. The lowest BCUT2D eigenvalue weighted by molar-refractivity contribution is 0.256. The fourth-order valence-corrected chi connectivity index (χ4v) is 2.84. The van der Waals surface area contributed by atoms with Crippen LogP contribution in [0, 0.1) is 11.3 Å². The Labute approximate surface area is 98.8 Å². The molecule has 5 nitrogen and oxygen atoms in total. The quantitative estimate of drug-likeness (QED) is 0.789. The predicted octanol–water partition coefficient (Wildman–Crippen LogP) is 1.25. The van der Waals surface area contributed by atoms with Gasteiger partial charge in [-0.1, -0.05) is 5.16 Å². The van der Waals surface area contributed by atoms with Gasteiger partial charge in [-0.05, 0) is 7.05 Å². The Hall–Kier alpha value is -1.06. The van der Waals surface area contributed by atoms with Crippen molar-refractivity contribution < 1.29 is 4.52 Å². The summed E-state index contributed by atoms with van der Waals surface area (Å²) in [6.45, 7) is 1.05. The Morgan fingerprint density at radius 1 is 1.69 bits per heavy atom.